The summed E-state index contributed by atoms with van der Waals surface area (Å²) >= 11 is 0. The maximum atomic E-state index is 12.7. The van der Waals surface area contributed by atoms with Gasteiger partial charge in [0, 0.05) is 12.6 Å². The molecular formula is C21H22F3N5O3. The van der Waals surface area contributed by atoms with Crippen molar-refractivity contribution in [3.05, 3.63) is 41.1 Å². The van der Waals surface area contributed by atoms with Gasteiger partial charge in [0.25, 0.3) is 5.91 Å². The van der Waals surface area contributed by atoms with Crippen LogP contribution in [0.1, 0.15) is 28.5 Å². The van der Waals surface area contributed by atoms with Gasteiger partial charge in [-0.2, -0.15) is 23.5 Å². The number of alkyl halides is 3. The van der Waals surface area contributed by atoms with Gasteiger partial charge in [-0.05, 0) is 36.7 Å². The highest BCUT2D eigenvalue weighted by atomic mass is 19.4. The van der Waals surface area contributed by atoms with Crippen LogP contribution >= 0.6 is 0 Å². The molecule has 2 aromatic rings. The summed E-state index contributed by atoms with van der Waals surface area (Å²) in [4.78, 5) is 13.9. The van der Waals surface area contributed by atoms with Gasteiger partial charge in [-0.25, -0.2) is 4.68 Å². The molecule has 4 rings (SSSR count). The Morgan fingerprint density at radius 3 is 2.91 bits per heavy atom. The van der Waals surface area contributed by atoms with E-state index in [1.54, 1.807) is 25.1 Å². The van der Waals surface area contributed by atoms with Crippen LogP contribution in [0.3, 0.4) is 0 Å². The van der Waals surface area contributed by atoms with Crippen molar-refractivity contribution in [2.75, 3.05) is 26.2 Å². The Bertz CT molecular complexity index is 1020. The fraction of sp³-hybridized carbons (Fsp3) is 0.476. The van der Waals surface area contributed by atoms with Gasteiger partial charge in [0.2, 0.25) is 5.88 Å². The molecule has 32 heavy (non-hydrogen) atoms. The van der Waals surface area contributed by atoms with Gasteiger partial charge in [-0.15, -0.1) is 0 Å². The van der Waals surface area contributed by atoms with Crippen molar-refractivity contribution in [3.63, 3.8) is 0 Å². The summed E-state index contributed by atoms with van der Waals surface area (Å²) in [6.45, 7) is 1.59. The molecule has 8 nitrogen and oxygen atoms in total. The Hall–Kier alpha value is -3.26. The van der Waals surface area contributed by atoms with Gasteiger partial charge < -0.3 is 14.8 Å². The zero-order valence-electron chi connectivity index (χ0n) is 17.4. The average molecular weight is 449 g/mol. The topological polar surface area (TPSA) is 92.4 Å². The molecule has 2 aliphatic heterocycles. The molecule has 11 heteroatoms. The van der Waals surface area contributed by atoms with E-state index in [1.165, 1.54) is 15.6 Å². The number of nitrogens with one attached hydrogen (secondary N) is 1. The van der Waals surface area contributed by atoms with E-state index >= 15 is 0 Å². The van der Waals surface area contributed by atoms with Crippen molar-refractivity contribution in [1.29, 1.82) is 5.26 Å². The number of amides is 1. The van der Waals surface area contributed by atoms with Gasteiger partial charge in [0.05, 0.1) is 30.8 Å². The molecule has 1 N–H and O–H groups in total. The minimum atomic E-state index is -4.27. The average Bonchev–Trinajstić information content (AvgIpc) is 3.30. The number of hydrogen-bond donors (Lipinski definition) is 1. The fourth-order valence-corrected chi connectivity index (χ4v) is 3.90. The van der Waals surface area contributed by atoms with Gasteiger partial charge >= 0.3 is 6.18 Å². The molecule has 0 spiro atoms. The van der Waals surface area contributed by atoms with E-state index in [4.69, 9.17) is 14.7 Å². The predicted molar refractivity (Wildman–Crippen MR) is 106 cm³/mol. The first-order valence-electron chi connectivity index (χ1n) is 10.2. The van der Waals surface area contributed by atoms with Crippen molar-refractivity contribution in [3.8, 4) is 17.7 Å². The number of fused-ring (bicyclic) bond motifs is 2. The molecule has 1 aromatic heterocycles. The summed E-state index contributed by atoms with van der Waals surface area (Å²) in [6, 6.07) is 8.45. The molecule has 0 aliphatic carbocycles. The van der Waals surface area contributed by atoms with Gasteiger partial charge in [-0.3, -0.25) is 9.69 Å². The molecule has 1 aromatic carbocycles. The number of carbonyl (C=O) groups is 1. The minimum Gasteiger partial charge on any atom is -0.491 e. The first-order valence-corrected chi connectivity index (χ1v) is 10.2. The second kappa shape index (κ2) is 8.70. The highest BCUT2D eigenvalue weighted by Crippen LogP contribution is 2.27. The Kier molecular flexibility index (Phi) is 5.97. The van der Waals surface area contributed by atoms with Gasteiger partial charge in [0.1, 0.15) is 18.5 Å². The van der Waals surface area contributed by atoms with Crippen molar-refractivity contribution in [2.45, 2.75) is 38.2 Å². The van der Waals surface area contributed by atoms with Crippen molar-refractivity contribution in [1.82, 2.24) is 20.0 Å². The Labute approximate surface area is 182 Å². The molecule has 0 bridgehead atoms. The van der Waals surface area contributed by atoms with E-state index in [1.807, 2.05) is 0 Å². The third-order valence-corrected chi connectivity index (χ3v) is 5.38. The zero-order valence-corrected chi connectivity index (χ0v) is 17.4. The SMILES string of the molecule is CCN(CC1Cn2nc(C(=O)N[C@H]3COc4ccc(C#N)cc4C3)cc2O1)CC(F)(F)F. The van der Waals surface area contributed by atoms with Crippen LogP contribution in [0.25, 0.3) is 0 Å². The molecule has 0 saturated heterocycles. The van der Waals surface area contributed by atoms with Crippen LogP contribution in [-0.2, 0) is 13.0 Å². The van der Waals surface area contributed by atoms with Crippen molar-refractivity contribution in [2.24, 2.45) is 0 Å². The largest absolute Gasteiger partial charge is 0.491 e. The number of halogens is 3. The van der Waals surface area contributed by atoms with Crippen LogP contribution in [0, 0.1) is 11.3 Å². The number of benzene rings is 1. The number of rotatable bonds is 6. The second-order valence-corrected chi connectivity index (χ2v) is 7.85. The number of likely N-dealkylation sites (N-methyl/N-ethyl adjacent to an activating group) is 1. The molecule has 0 radical (unpaired) electrons. The summed E-state index contributed by atoms with van der Waals surface area (Å²) in [7, 11) is 0. The smallest absolute Gasteiger partial charge is 0.401 e. The monoisotopic (exact) mass is 449 g/mol. The summed E-state index contributed by atoms with van der Waals surface area (Å²) < 4.78 is 50.8. The van der Waals surface area contributed by atoms with Crippen LogP contribution < -0.4 is 14.8 Å². The summed E-state index contributed by atoms with van der Waals surface area (Å²) in [5.74, 6) is 0.654. The number of hydrogen-bond acceptors (Lipinski definition) is 6. The minimum absolute atomic E-state index is 0.115. The number of nitrogens with zero attached hydrogens (tertiary/aromatic N) is 4. The lowest BCUT2D eigenvalue weighted by Crippen LogP contribution is -2.43. The van der Waals surface area contributed by atoms with E-state index in [0.717, 1.165) is 5.56 Å². The molecule has 3 heterocycles. The van der Waals surface area contributed by atoms with Crippen LogP contribution in [0.15, 0.2) is 24.3 Å². The number of nitriles is 1. The molecule has 0 saturated carbocycles. The van der Waals surface area contributed by atoms with Crippen molar-refractivity contribution < 1.29 is 27.4 Å². The lowest BCUT2D eigenvalue weighted by atomic mass is 10.0. The maximum absolute atomic E-state index is 12.7. The van der Waals surface area contributed by atoms with E-state index in [2.05, 4.69) is 16.5 Å². The highest BCUT2D eigenvalue weighted by Gasteiger charge is 2.34. The first-order chi connectivity index (χ1) is 15.2. The first kappa shape index (κ1) is 22.0. The molecule has 2 atom stereocenters. The lowest BCUT2D eigenvalue weighted by molar-refractivity contribution is -0.147. The number of ether oxygens (including phenoxy) is 2. The Morgan fingerprint density at radius 2 is 2.22 bits per heavy atom. The summed E-state index contributed by atoms with van der Waals surface area (Å²) in [6.07, 6.45) is -4.21. The normalized spacial score (nSPS) is 19.5. The molecular weight excluding hydrogens is 427 g/mol. The Morgan fingerprint density at radius 1 is 1.41 bits per heavy atom. The van der Waals surface area contributed by atoms with E-state index in [9.17, 15) is 18.0 Å². The Balaban J connectivity index is 1.33. The predicted octanol–water partition coefficient (Wildman–Crippen LogP) is 2.13. The summed E-state index contributed by atoms with van der Waals surface area (Å²) in [5.41, 5.74) is 1.53. The molecule has 170 valence electrons. The molecule has 2 aliphatic rings. The van der Waals surface area contributed by atoms with Crippen molar-refractivity contribution >= 4 is 5.91 Å². The highest BCUT2D eigenvalue weighted by molar-refractivity contribution is 5.92. The maximum Gasteiger partial charge on any atom is 0.401 e. The second-order valence-electron chi connectivity index (χ2n) is 7.85. The standard InChI is InChI=1S/C21H22F3N5O3/c1-2-28(12-21(22,23)24)9-16-10-29-19(32-16)7-17(27-29)20(30)26-15-6-14-5-13(8-25)3-4-18(14)31-11-15/h3-5,7,15-16H,2,6,9-12H2,1H3,(H,26,30)/t15-,16?/m1/s1. The molecule has 1 amide bonds. The van der Waals surface area contributed by atoms with Gasteiger partial charge in [-0.1, -0.05) is 6.92 Å². The van der Waals surface area contributed by atoms with Crippen LogP contribution in [-0.4, -0.2) is 65.2 Å². The number of aromatic nitrogens is 2. The van der Waals surface area contributed by atoms with E-state index in [0.29, 0.717) is 30.2 Å². The third kappa shape index (κ3) is 4.96. The van der Waals surface area contributed by atoms with E-state index in [-0.39, 0.29) is 31.4 Å². The quantitative estimate of drug-likeness (QED) is 0.727. The zero-order chi connectivity index (χ0) is 22.9. The molecule has 0 fully saturated rings. The van der Waals surface area contributed by atoms with E-state index < -0.39 is 24.7 Å². The van der Waals surface area contributed by atoms with Crippen LogP contribution in [0.4, 0.5) is 13.2 Å². The van der Waals surface area contributed by atoms with Crippen LogP contribution in [0.2, 0.25) is 0 Å². The lowest BCUT2D eigenvalue weighted by Gasteiger charge is -2.26. The third-order valence-electron chi connectivity index (χ3n) is 5.38. The summed E-state index contributed by atoms with van der Waals surface area (Å²) in [5, 5.41) is 16.2. The number of carbonyl (C=O) groups excluding carboxylic acids is 1. The molecule has 1 unspecified atom stereocenters. The van der Waals surface area contributed by atoms with Gasteiger partial charge in [0.15, 0.2) is 5.69 Å². The van der Waals surface area contributed by atoms with Crippen LogP contribution in [0.5, 0.6) is 11.6 Å². The fourth-order valence-electron chi connectivity index (χ4n) is 3.90.